The molecule has 0 spiro atoms. The normalized spacial score (nSPS) is 10.9. The van der Waals surface area contributed by atoms with Crippen LogP contribution >= 0.6 is 0 Å². The van der Waals surface area contributed by atoms with E-state index in [4.69, 9.17) is 9.47 Å². The van der Waals surface area contributed by atoms with Crippen LogP contribution < -0.4 is 0 Å². The van der Waals surface area contributed by atoms with Crippen LogP contribution in [0.25, 0.3) is 0 Å². The van der Waals surface area contributed by atoms with Gasteiger partial charge in [-0.25, -0.2) is 9.59 Å². The molecule has 1 rings (SSSR count). The molecule has 0 radical (unpaired) electrons. The molecule has 0 unspecified atom stereocenters. The number of carbonyl (C=O) groups is 2. The van der Waals surface area contributed by atoms with Crippen molar-refractivity contribution in [1.82, 2.24) is 0 Å². The second kappa shape index (κ2) is 7.27. The van der Waals surface area contributed by atoms with Gasteiger partial charge in [0.1, 0.15) is 6.61 Å². The summed E-state index contributed by atoms with van der Waals surface area (Å²) in [6.45, 7) is 3.84. The first-order valence-corrected chi connectivity index (χ1v) is 5.69. The summed E-state index contributed by atoms with van der Waals surface area (Å²) < 4.78 is 9.80. The monoisotopic (exact) mass is 248 g/mol. The molecule has 0 bridgehead atoms. The summed E-state index contributed by atoms with van der Waals surface area (Å²) in [5, 5.41) is 0. The van der Waals surface area contributed by atoms with Gasteiger partial charge in [0.2, 0.25) is 0 Å². The minimum Gasteiger partial charge on any atom is -0.463 e. The Morgan fingerprint density at radius 2 is 1.83 bits per heavy atom. The molecule has 4 nitrogen and oxygen atoms in total. The molecule has 0 fully saturated rings. The van der Waals surface area contributed by atoms with Gasteiger partial charge in [-0.15, -0.1) is 0 Å². The third-order valence-corrected chi connectivity index (χ3v) is 2.09. The summed E-state index contributed by atoms with van der Waals surface area (Å²) in [5.41, 5.74) is 1.12. The van der Waals surface area contributed by atoms with Gasteiger partial charge in [0.15, 0.2) is 0 Å². The van der Waals surface area contributed by atoms with E-state index >= 15 is 0 Å². The zero-order valence-corrected chi connectivity index (χ0v) is 10.5. The fourth-order valence-corrected chi connectivity index (χ4v) is 1.26. The fourth-order valence-electron chi connectivity index (χ4n) is 1.26. The average molecular weight is 248 g/mol. The highest BCUT2D eigenvalue weighted by molar-refractivity contribution is 5.89. The standard InChI is InChI=1S/C14H16O4/c1-3-17-13(15)9-11(2)10-18-14(16)12-7-5-4-6-8-12/h4-9H,3,10H2,1-2H3/b11-9+. The van der Waals surface area contributed by atoms with Crippen molar-refractivity contribution in [2.45, 2.75) is 13.8 Å². The Hall–Kier alpha value is -2.10. The van der Waals surface area contributed by atoms with Gasteiger partial charge in [0.25, 0.3) is 0 Å². The summed E-state index contributed by atoms with van der Waals surface area (Å²) in [6.07, 6.45) is 1.32. The highest BCUT2D eigenvalue weighted by atomic mass is 16.5. The summed E-state index contributed by atoms with van der Waals surface area (Å²) in [4.78, 5) is 22.7. The van der Waals surface area contributed by atoms with Gasteiger partial charge in [-0.05, 0) is 31.6 Å². The van der Waals surface area contributed by atoms with E-state index in [1.165, 1.54) is 6.08 Å². The lowest BCUT2D eigenvalue weighted by atomic mass is 10.2. The number of ether oxygens (including phenoxy) is 2. The van der Waals surface area contributed by atoms with E-state index in [0.29, 0.717) is 17.7 Å². The molecule has 0 atom stereocenters. The van der Waals surface area contributed by atoms with Gasteiger partial charge in [0, 0.05) is 6.08 Å². The molecule has 1 aromatic carbocycles. The van der Waals surface area contributed by atoms with E-state index in [1.807, 2.05) is 6.07 Å². The Morgan fingerprint density at radius 3 is 2.44 bits per heavy atom. The van der Waals surface area contributed by atoms with Gasteiger partial charge in [-0.3, -0.25) is 0 Å². The zero-order chi connectivity index (χ0) is 13.4. The molecular formula is C14H16O4. The highest BCUT2D eigenvalue weighted by Gasteiger charge is 2.06. The topological polar surface area (TPSA) is 52.6 Å². The summed E-state index contributed by atoms with van der Waals surface area (Å²) in [5.74, 6) is -0.835. The van der Waals surface area contributed by atoms with E-state index in [9.17, 15) is 9.59 Å². The first-order chi connectivity index (χ1) is 8.63. The van der Waals surface area contributed by atoms with Crippen molar-refractivity contribution in [2.24, 2.45) is 0 Å². The van der Waals surface area contributed by atoms with Gasteiger partial charge in [-0.1, -0.05) is 18.2 Å². The number of carbonyl (C=O) groups excluding carboxylic acids is 2. The minimum atomic E-state index is -0.425. The Morgan fingerprint density at radius 1 is 1.17 bits per heavy atom. The molecule has 18 heavy (non-hydrogen) atoms. The maximum absolute atomic E-state index is 11.6. The maximum Gasteiger partial charge on any atom is 0.338 e. The third kappa shape index (κ3) is 4.82. The molecule has 0 aliphatic carbocycles. The number of hydrogen-bond acceptors (Lipinski definition) is 4. The van der Waals surface area contributed by atoms with Crippen molar-refractivity contribution in [3.05, 3.63) is 47.5 Å². The summed E-state index contributed by atoms with van der Waals surface area (Å²) in [6, 6.07) is 8.69. The molecule has 96 valence electrons. The SMILES string of the molecule is CCOC(=O)/C=C(\C)COC(=O)c1ccccc1. The zero-order valence-electron chi connectivity index (χ0n) is 10.5. The molecule has 4 heteroatoms. The molecular weight excluding hydrogens is 232 g/mol. The minimum absolute atomic E-state index is 0.0759. The number of hydrogen-bond donors (Lipinski definition) is 0. The predicted octanol–water partition coefficient (Wildman–Crippen LogP) is 2.35. The van der Waals surface area contributed by atoms with Crippen molar-refractivity contribution in [3.8, 4) is 0 Å². The molecule has 0 heterocycles. The van der Waals surface area contributed by atoms with Crippen LogP contribution in [-0.4, -0.2) is 25.2 Å². The molecule has 0 aromatic heterocycles. The highest BCUT2D eigenvalue weighted by Crippen LogP contribution is 2.03. The van der Waals surface area contributed by atoms with E-state index in [-0.39, 0.29) is 6.61 Å². The Kier molecular flexibility index (Phi) is 5.64. The van der Waals surface area contributed by atoms with Crippen molar-refractivity contribution in [3.63, 3.8) is 0 Å². The molecule has 0 amide bonds. The fraction of sp³-hybridized carbons (Fsp3) is 0.286. The second-order valence-corrected chi connectivity index (χ2v) is 3.68. The molecule has 0 aliphatic heterocycles. The van der Waals surface area contributed by atoms with Crippen molar-refractivity contribution in [2.75, 3.05) is 13.2 Å². The lowest BCUT2D eigenvalue weighted by Gasteiger charge is -2.05. The maximum atomic E-state index is 11.6. The smallest absolute Gasteiger partial charge is 0.338 e. The van der Waals surface area contributed by atoms with Crippen LogP contribution in [0.4, 0.5) is 0 Å². The Labute approximate surface area is 106 Å². The lowest BCUT2D eigenvalue weighted by Crippen LogP contribution is -2.08. The van der Waals surface area contributed by atoms with Gasteiger partial charge in [0.05, 0.1) is 12.2 Å². The molecule has 0 N–H and O–H groups in total. The van der Waals surface area contributed by atoms with E-state index in [2.05, 4.69) is 0 Å². The molecule has 0 aliphatic rings. The molecule has 0 saturated heterocycles. The van der Waals surface area contributed by atoms with Crippen LogP contribution in [0.2, 0.25) is 0 Å². The molecule has 0 saturated carbocycles. The lowest BCUT2D eigenvalue weighted by molar-refractivity contribution is -0.137. The van der Waals surface area contributed by atoms with Crippen LogP contribution in [0.15, 0.2) is 42.0 Å². The molecule has 1 aromatic rings. The van der Waals surface area contributed by atoms with Gasteiger partial charge >= 0.3 is 11.9 Å². The Balaban J connectivity index is 2.46. The third-order valence-electron chi connectivity index (χ3n) is 2.09. The van der Waals surface area contributed by atoms with Crippen molar-refractivity contribution in [1.29, 1.82) is 0 Å². The van der Waals surface area contributed by atoms with Crippen LogP contribution in [0.3, 0.4) is 0 Å². The first-order valence-electron chi connectivity index (χ1n) is 5.69. The van der Waals surface area contributed by atoms with Crippen LogP contribution in [-0.2, 0) is 14.3 Å². The van der Waals surface area contributed by atoms with Crippen LogP contribution in [0, 0.1) is 0 Å². The average Bonchev–Trinajstić information content (AvgIpc) is 2.37. The van der Waals surface area contributed by atoms with E-state index in [0.717, 1.165) is 0 Å². The van der Waals surface area contributed by atoms with Gasteiger partial charge in [-0.2, -0.15) is 0 Å². The number of esters is 2. The predicted molar refractivity (Wildman–Crippen MR) is 67.1 cm³/mol. The van der Waals surface area contributed by atoms with Crippen LogP contribution in [0.1, 0.15) is 24.2 Å². The second-order valence-electron chi connectivity index (χ2n) is 3.68. The summed E-state index contributed by atoms with van der Waals surface area (Å²) in [7, 11) is 0. The largest absolute Gasteiger partial charge is 0.463 e. The van der Waals surface area contributed by atoms with Crippen molar-refractivity contribution < 1.29 is 19.1 Å². The van der Waals surface area contributed by atoms with E-state index < -0.39 is 11.9 Å². The van der Waals surface area contributed by atoms with E-state index in [1.54, 1.807) is 38.1 Å². The summed E-state index contributed by atoms with van der Waals surface area (Å²) >= 11 is 0. The quantitative estimate of drug-likeness (QED) is 0.593. The van der Waals surface area contributed by atoms with Gasteiger partial charge < -0.3 is 9.47 Å². The Bertz CT molecular complexity index is 434. The number of benzene rings is 1. The first kappa shape index (κ1) is 14.0. The number of rotatable bonds is 5. The van der Waals surface area contributed by atoms with Crippen molar-refractivity contribution >= 4 is 11.9 Å². The van der Waals surface area contributed by atoms with Crippen LogP contribution in [0.5, 0.6) is 0 Å².